The highest BCUT2D eigenvalue weighted by Gasteiger charge is 2.15. The minimum atomic E-state index is -0.905. The van der Waals surface area contributed by atoms with Gasteiger partial charge in [-0.1, -0.05) is 15.9 Å². The molecule has 0 aliphatic carbocycles. The third kappa shape index (κ3) is 5.98. The van der Waals surface area contributed by atoms with E-state index in [1.807, 2.05) is 0 Å². The van der Waals surface area contributed by atoms with E-state index in [9.17, 15) is 4.79 Å². The minimum absolute atomic E-state index is 0.00437. The van der Waals surface area contributed by atoms with Gasteiger partial charge in [0.25, 0.3) is 0 Å². The fourth-order valence-electron chi connectivity index (χ4n) is 0.556. The molecule has 6 heteroatoms. The van der Waals surface area contributed by atoms with Gasteiger partial charge in [-0.15, -0.1) is 0 Å². The molecule has 13 heavy (non-hydrogen) atoms. The second-order valence-corrected chi connectivity index (χ2v) is 3.47. The van der Waals surface area contributed by atoms with Crippen molar-refractivity contribution >= 4 is 21.9 Å². The summed E-state index contributed by atoms with van der Waals surface area (Å²) in [6.45, 7) is -0.259. The Balaban J connectivity index is 3.47. The van der Waals surface area contributed by atoms with E-state index in [0.29, 0.717) is 0 Å². The van der Waals surface area contributed by atoms with Crippen molar-refractivity contribution in [2.75, 3.05) is 26.9 Å². The van der Waals surface area contributed by atoms with Crippen molar-refractivity contribution < 1.29 is 24.5 Å². The Labute approximate surface area is 84.8 Å². The van der Waals surface area contributed by atoms with Gasteiger partial charge in [0.15, 0.2) is 0 Å². The van der Waals surface area contributed by atoms with E-state index >= 15 is 0 Å². The Morgan fingerprint density at radius 3 is 2.62 bits per heavy atom. The molecule has 0 aliphatic heterocycles. The number of carbonyl (C=O) groups excluding carboxylic acids is 1. The van der Waals surface area contributed by atoms with Crippen molar-refractivity contribution in [1.29, 1.82) is 0 Å². The van der Waals surface area contributed by atoms with Crippen molar-refractivity contribution in [2.45, 2.75) is 10.9 Å². The van der Waals surface area contributed by atoms with E-state index < -0.39 is 16.9 Å². The zero-order chi connectivity index (χ0) is 10.3. The van der Waals surface area contributed by atoms with Crippen LogP contribution in [0.5, 0.6) is 0 Å². The predicted octanol–water partition coefficient (Wildman–Crippen LogP) is -0.707. The summed E-state index contributed by atoms with van der Waals surface area (Å²) in [6, 6.07) is 0. The van der Waals surface area contributed by atoms with Gasteiger partial charge in [0, 0.05) is 0 Å². The number of carbonyl (C=O) groups is 1. The minimum Gasteiger partial charge on any atom is -0.468 e. The number of aliphatic hydroxyl groups is 2. The van der Waals surface area contributed by atoms with E-state index in [4.69, 9.17) is 14.9 Å². The molecule has 2 atom stereocenters. The van der Waals surface area contributed by atoms with Gasteiger partial charge in [-0.25, -0.2) is 0 Å². The van der Waals surface area contributed by atoms with E-state index in [1.54, 1.807) is 0 Å². The first-order valence-electron chi connectivity index (χ1n) is 3.70. The summed E-state index contributed by atoms with van der Waals surface area (Å²) in [5.74, 6) is -0.432. The summed E-state index contributed by atoms with van der Waals surface area (Å²) in [5.41, 5.74) is 0. The van der Waals surface area contributed by atoms with Crippen molar-refractivity contribution in [3.8, 4) is 0 Å². The second kappa shape index (κ2) is 7.25. The van der Waals surface area contributed by atoms with E-state index in [0.717, 1.165) is 0 Å². The number of esters is 1. The van der Waals surface area contributed by atoms with Crippen molar-refractivity contribution in [3.05, 3.63) is 0 Å². The summed E-state index contributed by atoms with van der Waals surface area (Å²) >= 11 is 3.03. The molecule has 0 radical (unpaired) electrons. The Bertz CT molecular complexity index is 152. The predicted molar refractivity (Wildman–Crippen MR) is 48.6 cm³/mol. The van der Waals surface area contributed by atoms with Crippen LogP contribution in [0, 0.1) is 0 Å². The maximum absolute atomic E-state index is 10.8. The molecular formula is C7H13BrO5. The highest BCUT2D eigenvalue weighted by atomic mass is 79.9. The molecule has 0 amide bonds. The second-order valence-electron chi connectivity index (χ2n) is 2.36. The monoisotopic (exact) mass is 256 g/mol. The zero-order valence-electron chi connectivity index (χ0n) is 7.27. The molecule has 0 aromatic carbocycles. The maximum atomic E-state index is 10.8. The quantitative estimate of drug-likeness (QED) is 0.485. The number of hydrogen-bond donors (Lipinski definition) is 2. The molecule has 0 saturated carbocycles. The first kappa shape index (κ1) is 12.8. The number of aliphatic hydroxyl groups excluding tert-OH is 2. The molecule has 0 bridgehead atoms. The van der Waals surface area contributed by atoms with Gasteiger partial charge >= 0.3 is 5.97 Å². The summed E-state index contributed by atoms with van der Waals surface area (Å²) in [6.07, 6.45) is -0.905. The fourth-order valence-corrected chi connectivity index (χ4v) is 0.930. The van der Waals surface area contributed by atoms with Crippen LogP contribution in [-0.2, 0) is 14.3 Å². The third-order valence-electron chi connectivity index (χ3n) is 1.24. The highest BCUT2D eigenvalue weighted by Crippen LogP contribution is 2.02. The lowest BCUT2D eigenvalue weighted by Gasteiger charge is -2.10. The maximum Gasteiger partial charge on any atom is 0.321 e. The lowest BCUT2D eigenvalue weighted by Crippen LogP contribution is -2.26. The van der Waals surface area contributed by atoms with Gasteiger partial charge < -0.3 is 19.7 Å². The molecule has 0 heterocycles. The normalized spacial score (nSPS) is 15.1. The van der Waals surface area contributed by atoms with E-state index in [-0.39, 0.29) is 19.8 Å². The largest absolute Gasteiger partial charge is 0.468 e. The van der Waals surface area contributed by atoms with Crippen molar-refractivity contribution in [3.63, 3.8) is 0 Å². The molecule has 0 spiro atoms. The van der Waals surface area contributed by atoms with Gasteiger partial charge in [-0.2, -0.15) is 0 Å². The number of rotatable bonds is 6. The molecule has 0 saturated heterocycles. The van der Waals surface area contributed by atoms with Gasteiger partial charge in [-0.05, 0) is 0 Å². The van der Waals surface area contributed by atoms with Crippen LogP contribution >= 0.6 is 15.9 Å². The first-order valence-corrected chi connectivity index (χ1v) is 4.62. The van der Waals surface area contributed by atoms with Crippen LogP contribution in [-0.4, -0.2) is 54.0 Å². The average Bonchev–Trinajstić information content (AvgIpc) is 2.15. The summed E-state index contributed by atoms with van der Waals surface area (Å²) in [4.78, 5) is 10.3. The summed E-state index contributed by atoms with van der Waals surface area (Å²) < 4.78 is 9.33. The van der Waals surface area contributed by atoms with Crippen LogP contribution in [0.15, 0.2) is 0 Å². The zero-order valence-corrected chi connectivity index (χ0v) is 8.86. The van der Waals surface area contributed by atoms with E-state index in [2.05, 4.69) is 20.7 Å². The van der Waals surface area contributed by atoms with Crippen molar-refractivity contribution in [1.82, 2.24) is 0 Å². The number of ether oxygens (including phenoxy) is 2. The average molecular weight is 257 g/mol. The number of methoxy groups -OCH3 is 1. The molecule has 0 aliphatic rings. The highest BCUT2D eigenvalue weighted by molar-refractivity contribution is 9.10. The fraction of sp³-hybridized carbons (Fsp3) is 0.857. The molecule has 78 valence electrons. The topological polar surface area (TPSA) is 76.0 Å². The SMILES string of the molecule is COC(=O)C(Br)COCC(O)CO. The van der Waals surface area contributed by atoms with Gasteiger partial charge in [0.1, 0.15) is 10.9 Å². The molecule has 0 rings (SSSR count). The summed E-state index contributed by atoms with van der Waals surface area (Å²) in [7, 11) is 1.28. The molecule has 2 unspecified atom stereocenters. The summed E-state index contributed by atoms with van der Waals surface area (Å²) in [5, 5.41) is 17.3. The smallest absolute Gasteiger partial charge is 0.321 e. The third-order valence-corrected chi connectivity index (χ3v) is 1.88. The molecule has 0 aromatic heterocycles. The number of halogens is 1. The van der Waals surface area contributed by atoms with Crippen LogP contribution in [0.2, 0.25) is 0 Å². The Morgan fingerprint density at radius 2 is 2.15 bits per heavy atom. The number of alkyl halides is 1. The van der Waals surface area contributed by atoms with Gasteiger partial charge in [0.05, 0.1) is 26.9 Å². The Morgan fingerprint density at radius 1 is 1.54 bits per heavy atom. The molecule has 0 aromatic rings. The van der Waals surface area contributed by atoms with Crippen molar-refractivity contribution in [2.24, 2.45) is 0 Å². The Hall–Kier alpha value is -0.170. The van der Waals surface area contributed by atoms with Crippen LogP contribution < -0.4 is 0 Å². The van der Waals surface area contributed by atoms with E-state index in [1.165, 1.54) is 7.11 Å². The lowest BCUT2D eigenvalue weighted by molar-refractivity contribution is -0.141. The van der Waals surface area contributed by atoms with Crippen LogP contribution in [0.3, 0.4) is 0 Å². The van der Waals surface area contributed by atoms with Crippen LogP contribution in [0.25, 0.3) is 0 Å². The van der Waals surface area contributed by atoms with Gasteiger partial charge in [0.2, 0.25) is 0 Å². The molecule has 2 N–H and O–H groups in total. The van der Waals surface area contributed by atoms with Crippen LogP contribution in [0.1, 0.15) is 0 Å². The molecule has 5 nitrogen and oxygen atoms in total. The standard InChI is InChI=1S/C7H13BrO5/c1-12-7(11)6(8)4-13-3-5(10)2-9/h5-6,9-10H,2-4H2,1H3. The first-order chi connectivity index (χ1) is 6.11. The Kier molecular flexibility index (Phi) is 7.16. The lowest BCUT2D eigenvalue weighted by atomic mass is 10.4. The molecule has 0 fully saturated rings. The van der Waals surface area contributed by atoms with Gasteiger partial charge in [-0.3, -0.25) is 4.79 Å². The molecular weight excluding hydrogens is 244 g/mol. The number of hydrogen-bond acceptors (Lipinski definition) is 5. The van der Waals surface area contributed by atoms with Crippen LogP contribution in [0.4, 0.5) is 0 Å².